The average Bonchev–Trinajstić information content (AvgIpc) is 2.09. The summed E-state index contributed by atoms with van der Waals surface area (Å²) in [5.41, 5.74) is 1.07. The maximum Gasteiger partial charge on any atom is 0.320 e. The molecule has 1 rings (SSSR count). The molecule has 1 aromatic rings. The molecule has 2 N–H and O–H groups in total. The first-order valence-corrected chi connectivity index (χ1v) is 3.64. The Morgan fingerprint density at radius 3 is 2.75 bits per heavy atom. The SMILES string of the molecule is CNC(=O)Nc1ccc(C)cn1. The maximum absolute atomic E-state index is 10.8. The van der Waals surface area contributed by atoms with E-state index in [4.69, 9.17) is 0 Å². The van der Waals surface area contributed by atoms with E-state index in [0.717, 1.165) is 5.56 Å². The Hall–Kier alpha value is -1.58. The van der Waals surface area contributed by atoms with Crippen molar-refractivity contribution in [1.82, 2.24) is 10.3 Å². The van der Waals surface area contributed by atoms with Gasteiger partial charge >= 0.3 is 6.03 Å². The average molecular weight is 165 g/mol. The van der Waals surface area contributed by atoms with Gasteiger partial charge in [-0.25, -0.2) is 9.78 Å². The van der Waals surface area contributed by atoms with Gasteiger partial charge in [0.2, 0.25) is 0 Å². The Morgan fingerprint density at radius 2 is 2.25 bits per heavy atom. The second-order valence-electron chi connectivity index (χ2n) is 2.42. The first kappa shape index (κ1) is 8.52. The van der Waals surface area contributed by atoms with Crippen LogP contribution in [0.5, 0.6) is 0 Å². The summed E-state index contributed by atoms with van der Waals surface area (Å²) in [4.78, 5) is 14.8. The van der Waals surface area contributed by atoms with Crippen molar-refractivity contribution in [3.05, 3.63) is 23.9 Å². The fraction of sp³-hybridized carbons (Fsp3) is 0.250. The largest absolute Gasteiger partial charge is 0.341 e. The summed E-state index contributed by atoms with van der Waals surface area (Å²) in [6.45, 7) is 1.94. The molecule has 4 nitrogen and oxygen atoms in total. The molecule has 64 valence electrons. The normalized spacial score (nSPS) is 9.17. The standard InChI is InChI=1S/C8H11N3O/c1-6-3-4-7(10-5-6)11-8(12)9-2/h3-5H,1-2H3,(H2,9,10,11,12). The molecule has 4 heteroatoms. The van der Waals surface area contributed by atoms with Gasteiger partial charge in [-0.1, -0.05) is 6.07 Å². The van der Waals surface area contributed by atoms with Gasteiger partial charge in [0.25, 0.3) is 0 Å². The Bertz CT molecular complexity index is 268. The summed E-state index contributed by atoms with van der Waals surface area (Å²) in [7, 11) is 1.56. The third-order valence-corrected chi connectivity index (χ3v) is 1.38. The number of carbonyl (C=O) groups is 1. The lowest BCUT2D eigenvalue weighted by molar-refractivity contribution is 0.254. The molecule has 0 aliphatic rings. The van der Waals surface area contributed by atoms with Crippen LogP contribution in [0.4, 0.5) is 10.6 Å². The van der Waals surface area contributed by atoms with Gasteiger partial charge in [0.15, 0.2) is 0 Å². The minimum absolute atomic E-state index is 0.258. The second-order valence-corrected chi connectivity index (χ2v) is 2.42. The fourth-order valence-corrected chi connectivity index (χ4v) is 0.721. The predicted octanol–water partition coefficient (Wildman–Crippen LogP) is 1.14. The van der Waals surface area contributed by atoms with Crippen molar-refractivity contribution in [2.45, 2.75) is 6.92 Å². The molecule has 0 unspecified atom stereocenters. The van der Waals surface area contributed by atoms with Crippen LogP contribution >= 0.6 is 0 Å². The van der Waals surface area contributed by atoms with E-state index in [9.17, 15) is 4.79 Å². The van der Waals surface area contributed by atoms with Crippen molar-refractivity contribution in [3.63, 3.8) is 0 Å². The molecule has 12 heavy (non-hydrogen) atoms. The Kier molecular flexibility index (Phi) is 2.63. The Morgan fingerprint density at radius 1 is 1.50 bits per heavy atom. The smallest absolute Gasteiger partial charge is 0.320 e. The molecule has 0 spiro atoms. The van der Waals surface area contributed by atoms with E-state index < -0.39 is 0 Å². The number of hydrogen-bond acceptors (Lipinski definition) is 2. The fourth-order valence-electron chi connectivity index (χ4n) is 0.721. The van der Waals surface area contributed by atoms with Gasteiger partial charge in [-0.2, -0.15) is 0 Å². The Balaban J connectivity index is 2.64. The van der Waals surface area contributed by atoms with E-state index in [-0.39, 0.29) is 6.03 Å². The molecule has 0 saturated carbocycles. The lowest BCUT2D eigenvalue weighted by atomic mass is 10.3. The molecule has 1 heterocycles. The van der Waals surface area contributed by atoms with Crippen molar-refractivity contribution in [1.29, 1.82) is 0 Å². The monoisotopic (exact) mass is 165 g/mol. The quantitative estimate of drug-likeness (QED) is 0.655. The Labute approximate surface area is 71.0 Å². The van der Waals surface area contributed by atoms with E-state index >= 15 is 0 Å². The molecule has 0 fully saturated rings. The summed E-state index contributed by atoms with van der Waals surface area (Å²) >= 11 is 0. The molecular weight excluding hydrogens is 154 g/mol. The van der Waals surface area contributed by atoms with Gasteiger partial charge in [-0.15, -0.1) is 0 Å². The molecular formula is C8H11N3O. The number of hydrogen-bond donors (Lipinski definition) is 2. The highest BCUT2D eigenvalue weighted by Crippen LogP contribution is 2.02. The second kappa shape index (κ2) is 3.71. The van der Waals surface area contributed by atoms with Crippen LogP contribution in [0.25, 0.3) is 0 Å². The van der Waals surface area contributed by atoms with Crippen LogP contribution in [-0.2, 0) is 0 Å². The van der Waals surface area contributed by atoms with Crippen LogP contribution in [0.15, 0.2) is 18.3 Å². The van der Waals surface area contributed by atoms with Crippen molar-refractivity contribution in [2.75, 3.05) is 12.4 Å². The molecule has 0 saturated heterocycles. The summed E-state index contributed by atoms with van der Waals surface area (Å²) in [6, 6.07) is 3.38. The van der Waals surface area contributed by atoms with Crippen molar-refractivity contribution < 1.29 is 4.79 Å². The topological polar surface area (TPSA) is 54.0 Å². The number of urea groups is 1. The molecule has 0 bridgehead atoms. The van der Waals surface area contributed by atoms with Gasteiger partial charge in [0, 0.05) is 13.2 Å². The predicted molar refractivity (Wildman–Crippen MR) is 47.1 cm³/mol. The zero-order valence-electron chi connectivity index (χ0n) is 7.09. The van der Waals surface area contributed by atoms with Gasteiger partial charge in [0.1, 0.15) is 5.82 Å². The van der Waals surface area contributed by atoms with E-state index in [2.05, 4.69) is 15.6 Å². The van der Waals surface area contributed by atoms with Crippen molar-refractivity contribution in [3.8, 4) is 0 Å². The van der Waals surface area contributed by atoms with Gasteiger partial charge in [-0.3, -0.25) is 5.32 Å². The number of anilines is 1. The number of carbonyl (C=O) groups excluding carboxylic acids is 1. The number of rotatable bonds is 1. The zero-order chi connectivity index (χ0) is 8.97. The summed E-state index contributed by atoms with van der Waals surface area (Å²) in [5, 5.41) is 5.00. The van der Waals surface area contributed by atoms with Gasteiger partial charge < -0.3 is 5.32 Å². The number of aromatic nitrogens is 1. The number of pyridine rings is 1. The van der Waals surface area contributed by atoms with Crippen LogP contribution in [0.2, 0.25) is 0 Å². The van der Waals surface area contributed by atoms with Crippen LogP contribution in [0.3, 0.4) is 0 Å². The minimum atomic E-state index is -0.258. The molecule has 2 amide bonds. The third-order valence-electron chi connectivity index (χ3n) is 1.38. The molecule has 0 aliphatic carbocycles. The van der Waals surface area contributed by atoms with Crippen molar-refractivity contribution in [2.24, 2.45) is 0 Å². The molecule has 0 aliphatic heterocycles. The first-order chi connectivity index (χ1) is 5.72. The maximum atomic E-state index is 10.8. The van der Waals surface area contributed by atoms with E-state index in [1.54, 1.807) is 19.3 Å². The molecule has 0 radical (unpaired) electrons. The van der Waals surface area contributed by atoms with Crippen LogP contribution in [0.1, 0.15) is 5.56 Å². The highest BCUT2D eigenvalue weighted by Gasteiger charge is 1.97. The lowest BCUT2D eigenvalue weighted by Gasteiger charge is -2.02. The summed E-state index contributed by atoms with van der Waals surface area (Å²) in [5.74, 6) is 0.556. The molecule has 0 aromatic carbocycles. The highest BCUT2D eigenvalue weighted by molar-refractivity contribution is 5.87. The van der Waals surface area contributed by atoms with E-state index in [0.29, 0.717) is 5.82 Å². The van der Waals surface area contributed by atoms with Crippen LogP contribution < -0.4 is 10.6 Å². The van der Waals surface area contributed by atoms with E-state index in [1.807, 2.05) is 13.0 Å². The number of nitrogens with zero attached hydrogens (tertiary/aromatic N) is 1. The first-order valence-electron chi connectivity index (χ1n) is 3.64. The number of amides is 2. The summed E-state index contributed by atoms with van der Waals surface area (Å²) < 4.78 is 0. The minimum Gasteiger partial charge on any atom is -0.341 e. The van der Waals surface area contributed by atoms with E-state index in [1.165, 1.54) is 0 Å². The number of aryl methyl sites for hydroxylation is 1. The van der Waals surface area contributed by atoms with Gasteiger partial charge in [0.05, 0.1) is 0 Å². The molecule has 1 aromatic heterocycles. The number of nitrogens with one attached hydrogen (secondary N) is 2. The highest BCUT2D eigenvalue weighted by atomic mass is 16.2. The van der Waals surface area contributed by atoms with Crippen molar-refractivity contribution >= 4 is 11.8 Å². The summed E-state index contributed by atoms with van der Waals surface area (Å²) in [6.07, 6.45) is 1.70. The zero-order valence-corrected chi connectivity index (χ0v) is 7.09. The van der Waals surface area contributed by atoms with Gasteiger partial charge in [-0.05, 0) is 18.6 Å². The van der Waals surface area contributed by atoms with Crippen LogP contribution in [0, 0.1) is 6.92 Å². The third kappa shape index (κ3) is 2.23. The molecule has 0 atom stereocenters. The lowest BCUT2D eigenvalue weighted by Crippen LogP contribution is -2.24. The van der Waals surface area contributed by atoms with Crippen LogP contribution in [-0.4, -0.2) is 18.1 Å².